The maximum Gasteiger partial charge on any atom is 4.00 e. The molecule has 0 bridgehead atoms. The van der Waals surface area contributed by atoms with Crippen LogP contribution in [0.15, 0.2) is 72.8 Å². The van der Waals surface area contributed by atoms with E-state index < -0.39 is 0 Å². The predicted molar refractivity (Wildman–Crippen MR) is 358 cm³/mol. The molecule has 0 aliphatic carbocycles. The summed E-state index contributed by atoms with van der Waals surface area (Å²) in [6.07, 6.45) is 38.3. The van der Waals surface area contributed by atoms with Crippen molar-refractivity contribution in [1.82, 2.24) is 0 Å². The van der Waals surface area contributed by atoms with E-state index in [-0.39, 0.29) is 42.1 Å². The van der Waals surface area contributed by atoms with E-state index in [9.17, 15) is 0 Å². The van der Waals surface area contributed by atoms with E-state index in [2.05, 4.69) is 173 Å². The van der Waals surface area contributed by atoms with Crippen LogP contribution in [0, 0.1) is 51.4 Å². The summed E-state index contributed by atoms with van der Waals surface area (Å²) in [4.78, 5) is 0. The number of hydrogen-bond donors (Lipinski definition) is 0. The minimum Gasteiger partial charge on any atom is -0.334 e. The van der Waals surface area contributed by atoms with Crippen LogP contribution in [0.3, 0.4) is 0 Å². The van der Waals surface area contributed by atoms with Gasteiger partial charge in [0.1, 0.15) is 0 Å². The molecule has 0 fully saturated rings. The van der Waals surface area contributed by atoms with Gasteiger partial charge in [0.2, 0.25) is 0 Å². The van der Waals surface area contributed by atoms with Crippen LogP contribution in [-0.4, -0.2) is 0 Å². The first-order valence-corrected chi connectivity index (χ1v) is 32.2. The van der Waals surface area contributed by atoms with E-state index in [4.69, 9.17) is 0 Å². The van der Waals surface area contributed by atoms with E-state index in [1.807, 2.05) is 152 Å². The van der Waals surface area contributed by atoms with Gasteiger partial charge in [0, 0.05) is 0 Å². The third kappa shape index (κ3) is 62.2. The van der Waals surface area contributed by atoms with Crippen LogP contribution in [0.5, 0.6) is 0 Å². The molecule has 3 unspecified atom stereocenters. The zero-order valence-electron chi connectivity index (χ0n) is 57.2. The van der Waals surface area contributed by atoms with Gasteiger partial charge in [0.15, 0.2) is 0 Å². The molecule has 3 atom stereocenters. The number of hydrogen-bond acceptors (Lipinski definition) is 0. The largest absolute Gasteiger partial charge is 4.00 e. The van der Waals surface area contributed by atoms with Gasteiger partial charge in [-0.15, -0.1) is 6.42 Å². The van der Waals surface area contributed by atoms with Gasteiger partial charge in [-0.3, -0.25) is 0 Å². The molecule has 0 aliphatic rings. The Hall–Kier alpha value is -0.963. The fraction of sp³-hybridized carbons (Fsp3) is 0.649. The number of rotatable bonds is 28. The molecule has 3 aromatic rings. The van der Waals surface area contributed by atoms with Crippen LogP contribution < -0.4 is 0 Å². The van der Waals surface area contributed by atoms with Crippen LogP contribution in [-0.2, 0) is 61.4 Å². The van der Waals surface area contributed by atoms with Crippen molar-refractivity contribution in [2.24, 2.45) is 0 Å². The minimum absolute atomic E-state index is 0. The van der Waals surface area contributed by atoms with Crippen LogP contribution in [0.25, 0.3) is 0 Å². The van der Waals surface area contributed by atoms with E-state index >= 15 is 0 Å². The summed E-state index contributed by atoms with van der Waals surface area (Å²) in [5.74, 6) is 1.87. The van der Waals surface area contributed by atoms with Crippen LogP contribution in [0.4, 0.5) is 0 Å². The van der Waals surface area contributed by atoms with Gasteiger partial charge >= 0.3 is 42.1 Å². The Kier molecular flexibility index (Phi) is 140. The Balaban J connectivity index is -0.0000000787. The SMILES string of the molecule is CC.CC.CC.CC.CC.CC.CC.CC.CC.CC.CC.C[CH-]CC[CH-]CC(C[CH-]CC(C[CH-]C)c1ccccc1CC)c1ccccc1CC.C[CH-]CC[CH-]CCC[CH-]CC(C[CH-]C)c1ccccc1CC.[Pt+4].[Pt+4]. The summed E-state index contributed by atoms with van der Waals surface area (Å²) >= 11 is 0. The molecule has 0 spiro atoms. The third-order valence-electron chi connectivity index (χ3n) is 10.6. The summed E-state index contributed by atoms with van der Waals surface area (Å²) in [6.45, 7) is 59.5. The van der Waals surface area contributed by atoms with Gasteiger partial charge in [-0.05, 0) is 52.6 Å². The monoisotopic (exact) mass is 1420 g/mol. The van der Waals surface area contributed by atoms with Crippen molar-refractivity contribution in [2.45, 2.75) is 321 Å². The average molecular weight is 1420 g/mol. The van der Waals surface area contributed by atoms with E-state index in [1.165, 1.54) is 80.9 Å². The molecule has 0 amide bonds. The number of aryl methyl sites for hydroxylation is 3. The van der Waals surface area contributed by atoms with Gasteiger partial charge in [0.05, 0.1) is 0 Å². The molecule has 0 aromatic heterocycles. The summed E-state index contributed by atoms with van der Waals surface area (Å²) < 4.78 is 0. The molecule has 0 aliphatic heterocycles. The topological polar surface area (TPSA) is 0 Å². The van der Waals surface area contributed by atoms with Crippen molar-refractivity contribution < 1.29 is 42.1 Å². The number of unbranched alkanes of at least 4 members (excludes halogenated alkanes) is 10. The zero-order chi connectivity index (χ0) is 59.7. The first kappa shape index (κ1) is 104. The van der Waals surface area contributed by atoms with Gasteiger partial charge < -0.3 is 51.4 Å². The molecule has 0 N–H and O–H groups in total. The summed E-state index contributed by atoms with van der Waals surface area (Å²) in [6, 6.07) is 27.1. The Morgan fingerprint density at radius 1 is 0.276 bits per heavy atom. The molecule has 3 aromatic carbocycles. The molecule has 458 valence electrons. The molecular weight excluding hydrogens is 1280 g/mol. The van der Waals surface area contributed by atoms with Crippen molar-refractivity contribution in [3.63, 3.8) is 0 Å². The van der Waals surface area contributed by atoms with Crippen molar-refractivity contribution in [3.05, 3.63) is 158 Å². The Morgan fingerprint density at radius 2 is 0.513 bits per heavy atom. The summed E-state index contributed by atoms with van der Waals surface area (Å²) in [5, 5.41) is 0. The van der Waals surface area contributed by atoms with E-state index in [0.29, 0.717) is 17.8 Å². The van der Waals surface area contributed by atoms with E-state index in [1.54, 1.807) is 16.7 Å². The van der Waals surface area contributed by atoms with Crippen LogP contribution in [0.2, 0.25) is 0 Å². The molecule has 2 heteroatoms. The molecular formula is C74H142Pt2. The van der Waals surface area contributed by atoms with Crippen molar-refractivity contribution >= 4 is 0 Å². The zero-order valence-corrected chi connectivity index (χ0v) is 61.8. The maximum absolute atomic E-state index is 2.58. The second kappa shape index (κ2) is 103. The average Bonchev–Trinajstić information content (AvgIpc) is 3.51. The molecule has 0 radical (unpaired) electrons. The second-order valence-corrected chi connectivity index (χ2v) is 14.5. The van der Waals surface area contributed by atoms with Gasteiger partial charge in [0.25, 0.3) is 0 Å². The quantitative estimate of drug-likeness (QED) is 0.0502. The standard InChI is InChI=1S/C30H42.C22H34.11C2H6.2Pt/c1-5-9-10-11-20-28(30-24-15-13-19-26(30)8-4)22-16-21-27(17-6-2)29-23-14-12-18-25(29)7-3;1-4-7-8-9-10-11-12-13-18-21(16-5-2)22-19-15-14-17-20(22)6-3;11*1-2;;/h5-6,11-16,18-19,23-24,27-28H,7-10,17,20-22H2,1-4H3;4-5,9,13-15,17,19,21H,6-8,10-12,16,18H2,1-3H3;11*1-2H3;;/q2*-4;;;;;;;;;;;;2*+4. The Morgan fingerprint density at radius 3 is 0.789 bits per heavy atom. The smallest absolute Gasteiger partial charge is 0.334 e. The fourth-order valence-corrected chi connectivity index (χ4v) is 7.64. The van der Waals surface area contributed by atoms with Gasteiger partial charge in [-0.1, -0.05) is 264 Å². The maximum atomic E-state index is 2.58. The second-order valence-electron chi connectivity index (χ2n) is 14.5. The third-order valence-corrected chi connectivity index (χ3v) is 10.6. The van der Waals surface area contributed by atoms with Gasteiger partial charge in [-0.25, -0.2) is 25.7 Å². The summed E-state index contributed by atoms with van der Waals surface area (Å²) in [7, 11) is 0. The Bertz CT molecular complexity index is 1270. The molecule has 3 rings (SSSR count). The molecule has 0 heterocycles. The normalized spacial score (nSPS) is 9.75. The minimum atomic E-state index is 0. The van der Waals surface area contributed by atoms with Crippen molar-refractivity contribution in [2.75, 3.05) is 0 Å². The fourth-order valence-electron chi connectivity index (χ4n) is 7.64. The Labute approximate surface area is 517 Å². The van der Waals surface area contributed by atoms with Crippen LogP contribution >= 0.6 is 0 Å². The number of benzene rings is 3. The van der Waals surface area contributed by atoms with Crippen molar-refractivity contribution in [1.29, 1.82) is 0 Å². The van der Waals surface area contributed by atoms with E-state index in [0.717, 1.165) is 38.5 Å². The molecule has 0 nitrogen and oxygen atoms in total. The first-order valence-electron chi connectivity index (χ1n) is 32.2. The molecule has 76 heavy (non-hydrogen) atoms. The van der Waals surface area contributed by atoms with Crippen LogP contribution in [0.1, 0.15) is 335 Å². The predicted octanol–water partition coefficient (Wildman–Crippen LogP) is 27.1. The molecule has 0 saturated heterocycles. The summed E-state index contributed by atoms with van der Waals surface area (Å²) in [5.41, 5.74) is 9.21. The van der Waals surface area contributed by atoms with Crippen molar-refractivity contribution in [3.8, 4) is 0 Å². The van der Waals surface area contributed by atoms with Gasteiger partial charge in [-0.2, -0.15) is 79.1 Å². The molecule has 0 saturated carbocycles. The first-order chi connectivity index (χ1) is 36.6.